The van der Waals surface area contributed by atoms with Gasteiger partial charge in [-0.15, -0.1) is 0 Å². The molecule has 2 aromatic carbocycles. The van der Waals surface area contributed by atoms with Gasteiger partial charge in [-0.1, -0.05) is 29.3 Å². The second-order valence-electron chi connectivity index (χ2n) is 8.10. The molecular weight excluding hydrogens is 493 g/mol. The van der Waals surface area contributed by atoms with Crippen molar-refractivity contribution in [1.29, 1.82) is 0 Å². The van der Waals surface area contributed by atoms with Crippen LogP contribution in [0.3, 0.4) is 0 Å². The SMILES string of the molecule is C[C@H]1[C@H](C)N(c2cccc(Cl)c2)CCN1C(=O)c1ccc(S(=O)CC(=O)C(C)(F)F)c(Cl)c1. The Hall–Kier alpha value is -2.03. The van der Waals surface area contributed by atoms with E-state index in [1.54, 1.807) is 4.90 Å². The van der Waals surface area contributed by atoms with Crippen LogP contribution in [0.4, 0.5) is 14.5 Å². The van der Waals surface area contributed by atoms with Crippen LogP contribution < -0.4 is 4.90 Å². The number of alkyl halides is 2. The maximum atomic E-state index is 13.2. The standard InChI is InChI=1S/C23H24Cl2F2N2O3S/c1-14-15(2)29(10-9-28(14)18-6-4-5-17(24)12-18)22(31)16-7-8-20(19(25)11-16)33(32)13-21(30)23(3,26)27/h4-8,11-12,14-15H,9-10,13H2,1-3H3/t14-,15-,33?/m0/s1. The number of carbonyl (C=O) groups is 2. The van der Waals surface area contributed by atoms with E-state index in [0.29, 0.717) is 30.6 Å². The topological polar surface area (TPSA) is 57.7 Å². The maximum absolute atomic E-state index is 13.2. The summed E-state index contributed by atoms with van der Waals surface area (Å²) in [5.41, 5.74) is 1.28. The molecular formula is C23H24Cl2F2N2O3S. The fraction of sp³-hybridized carbons (Fsp3) is 0.391. The van der Waals surface area contributed by atoms with Crippen molar-refractivity contribution >= 4 is 51.4 Å². The van der Waals surface area contributed by atoms with Crippen molar-refractivity contribution < 1.29 is 22.6 Å². The summed E-state index contributed by atoms with van der Waals surface area (Å²) in [6.45, 7) is 5.54. The monoisotopic (exact) mass is 516 g/mol. The molecule has 0 N–H and O–H groups in total. The van der Waals surface area contributed by atoms with E-state index in [0.717, 1.165) is 5.69 Å². The van der Waals surface area contributed by atoms with Crippen LogP contribution in [0.25, 0.3) is 0 Å². The number of carbonyl (C=O) groups excluding carboxylic acids is 2. The Morgan fingerprint density at radius 1 is 1.09 bits per heavy atom. The third kappa shape index (κ3) is 5.73. The molecule has 1 heterocycles. The molecule has 0 aromatic heterocycles. The summed E-state index contributed by atoms with van der Waals surface area (Å²) in [6.07, 6.45) is 0. The van der Waals surface area contributed by atoms with E-state index in [-0.39, 0.29) is 27.9 Å². The number of ketones is 1. The van der Waals surface area contributed by atoms with Crippen LogP contribution in [0, 0.1) is 0 Å². The number of hydrogen-bond acceptors (Lipinski definition) is 4. The third-order valence-corrected chi connectivity index (χ3v) is 7.87. The molecule has 1 saturated heterocycles. The van der Waals surface area contributed by atoms with Gasteiger partial charge in [-0.2, -0.15) is 8.78 Å². The predicted octanol–water partition coefficient (Wildman–Crippen LogP) is 5.06. The van der Waals surface area contributed by atoms with Crippen LogP contribution in [0.2, 0.25) is 10.0 Å². The number of amides is 1. The molecule has 1 aliphatic heterocycles. The molecule has 0 radical (unpaired) electrons. The number of piperazine rings is 1. The highest BCUT2D eigenvalue weighted by molar-refractivity contribution is 7.86. The van der Waals surface area contributed by atoms with Gasteiger partial charge >= 0.3 is 5.92 Å². The Kier molecular flexibility index (Phi) is 7.81. The number of hydrogen-bond donors (Lipinski definition) is 0. The lowest BCUT2D eigenvalue weighted by molar-refractivity contribution is -0.137. The smallest absolute Gasteiger partial charge is 0.303 e. The highest BCUT2D eigenvalue weighted by Crippen LogP contribution is 2.29. The lowest BCUT2D eigenvalue weighted by Crippen LogP contribution is -2.59. The fourth-order valence-corrected chi connectivity index (χ4v) is 5.52. The Morgan fingerprint density at radius 2 is 1.79 bits per heavy atom. The molecule has 0 spiro atoms. The van der Waals surface area contributed by atoms with E-state index in [1.807, 2.05) is 38.1 Å². The summed E-state index contributed by atoms with van der Waals surface area (Å²) >= 11 is 12.3. The van der Waals surface area contributed by atoms with Crippen LogP contribution in [-0.4, -0.2) is 57.6 Å². The molecule has 1 aliphatic rings. The minimum absolute atomic E-state index is 0.00957. The highest BCUT2D eigenvalue weighted by atomic mass is 35.5. The van der Waals surface area contributed by atoms with Crippen molar-refractivity contribution in [3.8, 4) is 0 Å². The molecule has 1 amide bonds. The number of Topliss-reactive ketones (excluding diaryl/α,β-unsaturated/α-hetero) is 1. The van der Waals surface area contributed by atoms with Gasteiger partial charge in [0.25, 0.3) is 5.91 Å². The molecule has 1 unspecified atom stereocenters. The summed E-state index contributed by atoms with van der Waals surface area (Å²) in [5, 5.41) is 0.631. The van der Waals surface area contributed by atoms with Gasteiger partial charge in [0.05, 0.1) is 26.5 Å². The first kappa shape index (κ1) is 25.6. The number of halogens is 4. The first-order valence-corrected chi connectivity index (χ1v) is 12.4. The van der Waals surface area contributed by atoms with Gasteiger partial charge in [-0.25, -0.2) is 0 Å². The van der Waals surface area contributed by atoms with Gasteiger partial charge < -0.3 is 9.80 Å². The van der Waals surface area contributed by atoms with Crippen molar-refractivity contribution in [3.63, 3.8) is 0 Å². The Labute approximate surface area is 204 Å². The molecule has 0 aliphatic carbocycles. The van der Waals surface area contributed by atoms with Crippen molar-refractivity contribution in [2.45, 2.75) is 43.7 Å². The lowest BCUT2D eigenvalue weighted by Gasteiger charge is -2.46. The minimum Gasteiger partial charge on any atom is -0.365 e. The van der Waals surface area contributed by atoms with E-state index in [4.69, 9.17) is 23.2 Å². The lowest BCUT2D eigenvalue weighted by atomic mass is 10.0. The molecule has 3 atom stereocenters. The molecule has 3 rings (SSSR count). The quantitative estimate of drug-likeness (QED) is 0.538. The Balaban J connectivity index is 1.74. The van der Waals surface area contributed by atoms with Crippen molar-refractivity contribution in [2.24, 2.45) is 0 Å². The largest absolute Gasteiger partial charge is 0.365 e. The van der Waals surface area contributed by atoms with E-state index >= 15 is 0 Å². The average molecular weight is 517 g/mol. The van der Waals surface area contributed by atoms with Gasteiger partial charge in [-0.05, 0) is 50.2 Å². The number of rotatable bonds is 6. The normalized spacial score (nSPS) is 20.0. The van der Waals surface area contributed by atoms with Gasteiger partial charge in [0.15, 0.2) is 0 Å². The molecule has 0 bridgehead atoms. The van der Waals surface area contributed by atoms with Crippen molar-refractivity contribution in [2.75, 3.05) is 23.7 Å². The molecule has 33 heavy (non-hydrogen) atoms. The van der Waals surface area contributed by atoms with E-state index in [9.17, 15) is 22.6 Å². The van der Waals surface area contributed by atoms with E-state index in [2.05, 4.69) is 4.90 Å². The first-order valence-electron chi connectivity index (χ1n) is 10.3. The van der Waals surface area contributed by atoms with Gasteiger partial charge in [-0.3, -0.25) is 13.8 Å². The molecule has 10 heteroatoms. The Morgan fingerprint density at radius 3 is 2.39 bits per heavy atom. The van der Waals surface area contributed by atoms with Crippen LogP contribution in [-0.2, 0) is 15.6 Å². The number of nitrogens with zero attached hydrogens (tertiary/aromatic N) is 2. The second kappa shape index (κ2) is 10.1. The molecule has 1 fully saturated rings. The van der Waals surface area contributed by atoms with Crippen molar-refractivity contribution in [1.82, 2.24) is 4.90 Å². The zero-order valence-corrected chi connectivity index (χ0v) is 20.7. The van der Waals surface area contributed by atoms with E-state index < -0.39 is 28.3 Å². The van der Waals surface area contributed by atoms with Crippen LogP contribution in [0.15, 0.2) is 47.4 Å². The zero-order chi connectivity index (χ0) is 24.5. The van der Waals surface area contributed by atoms with Gasteiger partial charge in [0, 0.05) is 48.4 Å². The summed E-state index contributed by atoms with van der Waals surface area (Å²) in [7, 11) is -2.04. The average Bonchev–Trinajstić information content (AvgIpc) is 2.74. The summed E-state index contributed by atoms with van der Waals surface area (Å²) in [4.78, 5) is 28.7. The summed E-state index contributed by atoms with van der Waals surface area (Å²) < 4.78 is 38.6. The summed E-state index contributed by atoms with van der Waals surface area (Å²) in [6, 6.07) is 11.6. The van der Waals surface area contributed by atoms with Gasteiger partial charge in [0.1, 0.15) is 0 Å². The predicted molar refractivity (Wildman–Crippen MR) is 127 cm³/mol. The molecule has 178 valence electrons. The second-order valence-corrected chi connectivity index (χ2v) is 10.4. The molecule has 2 aromatic rings. The highest BCUT2D eigenvalue weighted by Gasteiger charge is 2.35. The summed E-state index contributed by atoms with van der Waals surface area (Å²) in [5.74, 6) is -6.10. The number of anilines is 1. The van der Waals surface area contributed by atoms with Crippen LogP contribution >= 0.6 is 23.2 Å². The fourth-order valence-electron chi connectivity index (χ4n) is 3.76. The van der Waals surface area contributed by atoms with Crippen LogP contribution in [0.5, 0.6) is 0 Å². The van der Waals surface area contributed by atoms with Gasteiger partial charge in [0.2, 0.25) is 5.78 Å². The first-order chi connectivity index (χ1) is 15.4. The zero-order valence-electron chi connectivity index (χ0n) is 18.4. The minimum atomic E-state index is -3.57. The van der Waals surface area contributed by atoms with Crippen LogP contribution in [0.1, 0.15) is 31.1 Å². The third-order valence-electron chi connectivity index (χ3n) is 5.84. The molecule has 5 nitrogen and oxygen atoms in total. The van der Waals surface area contributed by atoms with E-state index in [1.165, 1.54) is 18.2 Å². The molecule has 0 saturated carbocycles. The maximum Gasteiger partial charge on any atom is 0.303 e. The number of benzene rings is 2. The Bertz CT molecular complexity index is 1090. The van der Waals surface area contributed by atoms with Crippen molar-refractivity contribution in [3.05, 3.63) is 58.1 Å².